The number of anilines is 1. The van der Waals surface area contributed by atoms with E-state index in [1.807, 2.05) is 19.9 Å². The minimum atomic E-state index is -3.29. The summed E-state index contributed by atoms with van der Waals surface area (Å²) >= 11 is 0. The first-order chi connectivity index (χ1) is 8.31. The summed E-state index contributed by atoms with van der Waals surface area (Å²) < 4.78 is 24.1. The minimum Gasteiger partial charge on any atom is -0.480 e. The molecule has 0 amide bonds. The predicted octanol–water partition coefficient (Wildman–Crippen LogP) is 0.982. The van der Waals surface area contributed by atoms with Crippen molar-refractivity contribution in [1.82, 2.24) is 0 Å². The van der Waals surface area contributed by atoms with Gasteiger partial charge in [0.1, 0.15) is 6.54 Å². The Morgan fingerprint density at radius 3 is 2.67 bits per heavy atom. The molecule has 5 nitrogen and oxygen atoms in total. The van der Waals surface area contributed by atoms with E-state index in [1.165, 1.54) is 0 Å². The normalized spacial score (nSPS) is 17.3. The highest BCUT2D eigenvalue weighted by Gasteiger charge is 2.30. The zero-order valence-electron chi connectivity index (χ0n) is 10.3. The second-order valence-corrected chi connectivity index (χ2v) is 6.64. The fraction of sp³-hybridized carbons (Fsp3) is 0.417. The highest BCUT2D eigenvalue weighted by molar-refractivity contribution is 7.91. The van der Waals surface area contributed by atoms with Crippen LogP contribution in [-0.2, 0) is 14.6 Å². The molecule has 2 rings (SSSR count). The molecule has 0 aromatic heterocycles. The Kier molecular flexibility index (Phi) is 3.06. The molecule has 6 heteroatoms. The van der Waals surface area contributed by atoms with E-state index in [0.29, 0.717) is 5.69 Å². The van der Waals surface area contributed by atoms with Crippen molar-refractivity contribution in [2.24, 2.45) is 0 Å². The van der Waals surface area contributed by atoms with Gasteiger partial charge < -0.3 is 10.0 Å². The fourth-order valence-corrected chi connectivity index (χ4v) is 3.97. The van der Waals surface area contributed by atoms with Gasteiger partial charge in [-0.2, -0.15) is 0 Å². The molecule has 1 aromatic rings. The van der Waals surface area contributed by atoms with Crippen molar-refractivity contribution in [1.29, 1.82) is 0 Å². The number of hydrogen-bond acceptors (Lipinski definition) is 4. The Labute approximate surface area is 106 Å². The van der Waals surface area contributed by atoms with Crippen LogP contribution >= 0.6 is 0 Å². The lowest BCUT2D eigenvalue weighted by atomic mass is 10.1. The number of hydrogen-bond donors (Lipinski definition) is 1. The largest absolute Gasteiger partial charge is 0.480 e. The average molecular weight is 269 g/mol. The Balaban J connectivity index is 2.62. The molecule has 0 aliphatic carbocycles. The van der Waals surface area contributed by atoms with Crippen LogP contribution in [0.15, 0.2) is 17.0 Å². The predicted molar refractivity (Wildman–Crippen MR) is 67.8 cm³/mol. The van der Waals surface area contributed by atoms with E-state index < -0.39 is 15.8 Å². The number of nitrogens with zero attached hydrogens (tertiary/aromatic N) is 1. The second kappa shape index (κ2) is 4.28. The van der Waals surface area contributed by atoms with Crippen LogP contribution in [0, 0.1) is 13.8 Å². The number of carboxylic acids is 1. The van der Waals surface area contributed by atoms with E-state index in [-0.39, 0.29) is 23.7 Å². The summed E-state index contributed by atoms with van der Waals surface area (Å²) in [5.41, 5.74) is 2.20. The summed E-state index contributed by atoms with van der Waals surface area (Å²) in [7, 11) is -3.29. The summed E-state index contributed by atoms with van der Waals surface area (Å²) in [4.78, 5) is 12.7. The fourth-order valence-electron chi connectivity index (χ4n) is 2.34. The number of aliphatic carboxylic acids is 1. The lowest BCUT2D eigenvalue weighted by molar-refractivity contribution is -0.135. The molecule has 0 saturated carbocycles. The summed E-state index contributed by atoms with van der Waals surface area (Å²) in [6.07, 6.45) is 0. The standard InChI is InChI=1S/C12H15NO4S/c1-8-5-9(2)12-10(6-8)18(16,17)4-3-13(12)7-11(14)15/h5-6H,3-4,7H2,1-2H3,(H,14,15). The summed E-state index contributed by atoms with van der Waals surface area (Å²) in [6.45, 7) is 3.69. The Morgan fingerprint density at radius 2 is 2.06 bits per heavy atom. The molecule has 98 valence electrons. The molecule has 1 aliphatic rings. The van der Waals surface area contributed by atoms with Crippen LogP contribution in [0.5, 0.6) is 0 Å². The Hall–Kier alpha value is -1.56. The summed E-state index contributed by atoms with van der Waals surface area (Å²) in [6, 6.07) is 3.49. The summed E-state index contributed by atoms with van der Waals surface area (Å²) in [5, 5.41) is 8.88. The van der Waals surface area contributed by atoms with Gasteiger partial charge in [-0.15, -0.1) is 0 Å². The zero-order valence-corrected chi connectivity index (χ0v) is 11.1. The van der Waals surface area contributed by atoms with E-state index in [4.69, 9.17) is 5.11 Å². The molecule has 0 fully saturated rings. The molecule has 0 bridgehead atoms. The quantitative estimate of drug-likeness (QED) is 0.866. The highest BCUT2D eigenvalue weighted by Crippen LogP contribution is 2.34. The number of benzene rings is 1. The molecule has 0 unspecified atom stereocenters. The lowest BCUT2D eigenvalue weighted by Crippen LogP contribution is -2.39. The second-order valence-electron chi connectivity index (χ2n) is 4.56. The molecule has 1 heterocycles. The molecule has 1 N–H and O–H groups in total. The Morgan fingerprint density at radius 1 is 1.39 bits per heavy atom. The maximum Gasteiger partial charge on any atom is 0.323 e. The monoisotopic (exact) mass is 269 g/mol. The zero-order chi connectivity index (χ0) is 13.5. The van der Waals surface area contributed by atoms with Gasteiger partial charge in [-0.1, -0.05) is 6.07 Å². The molecule has 0 radical (unpaired) electrons. The van der Waals surface area contributed by atoms with Crippen LogP contribution in [0.25, 0.3) is 0 Å². The van der Waals surface area contributed by atoms with E-state index in [1.54, 1.807) is 11.0 Å². The van der Waals surface area contributed by atoms with Crippen molar-refractivity contribution in [2.75, 3.05) is 23.7 Å². The number of aryl methyl sites for hydroxylation is 2. The number of fused-ring (bicyclic) bond motifs is 1. The molecular formula is C12H15NO4S. The average Bonchev–Trinajstić information content (AvgIpc) is 2.21. The van der Waals surface area contributed by atoms with Crippen molar-refractivity contribution in [3.8, 4) is 0 Å². The molecular weight excluding hydrogens is 254 g/mol. The van der Waals surface area contributed by atoms with Crippen molar-refractivity contribution >= 4 is 21.5 Å². The maximum absolute atomic E-state index is 12.0. The van der Waals surface area contributed by atoms with Crippen LogP contribution in [0.1, 0.15) is 11.1 Å². The van der Waals surface area contributed by atoms with Crippen LogP contribution < -0.4 is 4.90 Å². The number of sulfone groups is 1. The molecule has 18 heavy (non-hydrogen) atoms. The van der Waals surface area contributed by atoms with Gasteiger partial charge in [0.15, 0.2) is 9.84 Å². The van der Waals surface area contributed by atoms with Gasteiger partial charge in [0, 0.05) is 6.54 Å². The van der Waals surface area contributed by atoms with Gasteiger partial charge in [0.2, 0.25) is 0 Å². The van der Waals surface area contributed by atoms with Crippen molar-refractivity contribution < 1.29 is 18.3 Å². The number of carboxylic acid groups (broad SMARTS) is 1. The number of rotatable bonds is 2. The van der Waals surface area contributed by atoms with Gasteiger partial charge in [0.25, 0.3) is 0 Å². The Bertz CT molecular complexity index is 607. The first-order valence-corrected chi connectivity index (χ1v) is 7.27. The minimum absolute atomic E-state index is 0.0316. The molecule has 0 spiro atoms. The summed E-state index contributed by atoms with van der Waals surface area (Å²) in [5.74, 6) is -0.990. The third-order valence-electron chi connectivity index (χ3n) is 3.02. The van der Waals surface area contributed by atoms with Crippen molar-refractivity contribution in [3.63, 3.8) is 0 Å². The van der Waals surface area contributed by atoms with Gasteiger partial charge in [-0.3, -0.25) is 4.79 Å². The van der Waals surface area contributed by atoms with Gasteiger partial charge >= 0.3 is 5.97 Å². The highest BCUT2D eigenvalue weighted by atomic mass is 32.2. The first kappa shape index (κ1) is 12.9. The smallest absolute Gasteiger partial charge is 0.323 e. The first-order valence-electron chi connectivity index (χ1n) is 5.62. The third-order valence-corrected chi connectivity index (χ3v) is 4.72. The molecule has 0 saturated heterocycles. The van der Waals surface area contributed by atoms with Gasteiger partial charge in [-0.25, -0.2) is 8.42 Å². The number of carbonyl (C=O) groups is 1. The van der Waals surface area contributed by atoms with Crippen LogP contribution in [0.2, 0.25) is 0 Å². The molecule has 0 atom stereocenters. The van der Waals surface area contributed by atoms with Crippen molar-refractivity contribution in [3.05, 3.63) is 23.3 Å². The topological polar surface area (TPSA) is 74.7 Å². The van der Waals surface area contributed by atoms with Crippen molar-refractivity contribution in [2.45, 2.75) is 18.7 Å². The molecule has 1 aliphatic heterocycles. The van der Waals surface area contributed by atoms with Gasteiger partial charge in [-0.05, 0) is 31.0 Å². The maximum atomic E-state index is 12.0. The van der Waals surface area contributed by atoms with Crippen LogP contribution in [0.3, 0.4) is 0 Å². The van der Waals surface area contributed by atoms with E-state index in [2.05, 4.69) is 0 Å². The van der Waals surface area contributed by atoms with Gasteiger partial charge in [0.05, 0.1) is 16.3 Å². The molecule has 1 aromatic carbocycles. The van der Waals surface area contributed by atoms with Crippen LogP contribution in [-0.4, -0.2) is 38.3 Å². The SMILES string of the molecule is Cc1cc(C)c2c(c1)S(=O)(=O)CCN2CC(=O)O. The lowest BCUT2D eigenvalue weighted by Gasteiger charge is -2.31. The van der Waals surface area contributed by atoms with E-state index in [0.717, 1.165) is 11.1 Å². The van der Waals surface area contributed by atoms with E-state index >= 15 is 0 Å². The third kappa shape index (κ3) is 2.20. The van der Waals surface area contributed by atoms with Crippen LogP contribution in [0.4, 0.5) is 5.69 Å². The van der Waals surface area contributed by atoms with E-state index in [9.17, 15) is 13.2 Å².